The van der Waals surface area contributed by atoms with Crippen LogP contribution in [0.15, 0.2) is 0 Å². The van der Waals surface area contributed by atoms with E-state index in [0.29, 0.717) is 13.0 Å². The summed E-state index contributed by atoms with van der Waals surface area (Å²) in [6.07, 6.45) is 1.49. The number of piperidine rings is 1. The van der Waals surface area contributed by atoms with Crippen LogP contribution in [-0.2, 0) is 14.3 Å². The molecule has 0 aromatic rings. The van der Waals surface area contributed by atoms with Gasteiger partial charge in [0.1, 0.15) is 11.7 Å². The maximum Gasteiger partial charge on any atom is 0.317 e. The van der Waals surface area contributed by atoms with Gasteiger partial charge >= 0.3 is 5.97 Å². The number of methoxy groups -OCH3 is 1. The van der Waals surface area contributed by atoms with Crippen LogP contribution in [0.3, 0.4) is 0 Å². The van der Waals surface area contributed by atoms with Gasteiger partial charge < -0.3 is 4.74 Å². The Morgan fingerprint density at radius 1 is 1.60 bits per heavy atom. The minimum Gasteiger partial charge on any atom is -0.468 e. The first kappa shape index (κ1) is 12.2. The molecule has 1 aliphatic rings. The van der Waals surface area contributed by atoms with Gasteiger partial charge in [0.25, 0.3) is 0 Å². The molecular formula is C11H19NO3. The zero-order valence-corrected chi connectivity index (χ0v) is 9.66. The van der Waals surface area contributed by atoms with Gasteiger partial charge in [0, 0.05) is 19.0 Å². The number of ketones is 1. The lowest BCUT2D eigenvalue weighted by molar-refractivity contribution is -0.152. The van der Waals surface area contributed by atoms with Gasteiger partial charge in [-0.1, -0.05) is 6.92 Å². The normalized spacial score (nSPS) is 27.8. The van der Waals surface area contributed by atoms with Crippen LogP contribution in [0, 0.1) is 5.92 Å². The number of rotatable bonds is 3. The first-order valence-corrected chi connectivity index (χ1v) is 5.44. The van der Waals surface area contributed by atoms with Crippen molar-refractivity contribution < 1.29 is 14.3 Å². The third-order valence-electron chi connectivity index (χ3n) is 2.92. The van der Waals surface area contributed by atoms with E-state index in [2.05, 4.69) is 16.6 Å². The molecule has 1 aliphatic heterocycles. The van der Waals surface area contributed by atoms with Crippen molar-refractivity contribution in [2.24, 2.45) is 5.92 Å². The van der Waals surface area contributed by atoms with Gasteiger partial charge in [0.05, 0.1) is 7.11 Å². The maximum absolute atomic E-state index is 11.6. The zero-order valence-electron chi connectivity index (χ0n) is 9.66. The van der Waals surface area contributed by atoms with Crippen molar-refractivity contribution >= 4 is 11.8 Å². The average molecular weight is 213 g/mol. The summed E-state index contributed by atoms with van der Waals surface area (Å²) in [4.78, 5) is 25.2. The number of esters is 1. The summed E-state index contributed by atoms with van der Waals surface area (Å²) < 4.78 is 4.64. The Morgan fingerprint density at radius 3 is 2.80 bits per heavy atom. The molecule has 0 aromatic carbocycles. The molecule has 0 amide bonds. The Hall–Kier alpha value is -0.900. The highest BCUT2D eigenvalue weighted by atomic mass is 16.5. The van der Waals surface area contributed by atoms with Gasteiger partial charge in [-0.2, -0.15) is 0 Å². The van der Waals surface area contributed by atoms with Crippen LogP contribution in [-0.4, -0.2) is 42.9 Å². The molecule has 0 bridgehead atoms. The molecule has 0 radical (unpaired) electrons. The minimum atomic E-state index is -0.572. The predicted octanol–water partition coefficient (Wildman–Crippen LogP) is 0.849. The summed E-state index contributed by atoms with van der Waals surface area (Å²) in [6, 6.07) is 0.248. The van der Waals surface area contributed by atoms with Crippen molar-refractivity contribution in [2.75, 3.05) is 20.2 Å². The van der Waals surface area contributed by atoms with Gasteiger partial charge in [-0.3, -0.25) is 14.5 Å². The third kappa shape index (κ3) is 2.78. The summed E-state index contributed by atoms with van der Waals surface area (Å²) in [7, 11) is 1.33. The lowest BCUT2D eigenvalue weighted by atomic mass is 9.92. The van der Waals surface area contributed by atoms with Crippen LogP contribution in [0.1, 0.15) is 26.7 Å². The summed E-state index contributed by atoms with van der Waals surface area (Å²) in [5.41, 5.74) is 0. The van der Waals surface area contributed by atoms with E-state index in [1.807, 2.05) is 6.92 Å². The molecule has 0 saturated carbocycles. The van der Waals surface area contributed by atoms with E-state index in [9.17, 15) is 9.59 Å². The number of hydrogen-bond acceptors (Lipinski definition) is 4. The van der Waals surface area contributed by atoms with E-state index in [-0.39, 0.29) is 11.8 Å². The first-order valence-electron chi connectivity index (χ1n) is 5.44. The van der Waals surface area contributed by atoms with Crippen molar-refractivity contribution in [1.82, 2.24) is 4.90 Å². The second-order valence-corrected chi connectivity index (χ2v) is 4.09. The number of nitrogens with zero attached hydrogens (tertiary/aromatic N) is 1. The molecule has 0 spiro atoms. The van der Waals surface area contributed by atoms with Gasteiger partial charge in [-0.15, -0.1) is 0 Å². The van der Waals surface area contributed by atoms with E-state index in [1.54, 1.807) is 0 Å². The number of carbonyl (C=O) groups excluding carboxylic acids is 2. The highest BCUT2D eigenvalue weighted by Crippen LogP contribution is 2.19. The SMILES string of the molecule is CCCN1C[C@@H](C(=O)OC)C(=O)C[C@@H]1C. The largest absolute Gasteiger partial charge is 0.468 e. The summed E-state index contributed by atoms with van der Waals surface area (Å²) in [5, 5.41) is 0. The van der Waals surface area contributed by atoms with Crippen molar-refractivity contribution in [2.45, 2.75) is 32.7 Å². The van der Waals surface area contributed by atoms with Crippen LogP contribution in [0.4, 0.5) is 0 Å². The molecular weight excluding hydrogens is 194 g/mol. The van der Waals surface area contributed by atoms with Gasteiger partial charge in [0.2, 0.25) is 0 Å². The average Bonchev–Trinajstić information content (AvgIpc) is 2.21. The number of likely N-dealkylation sites (tertiary alicyclic amines) is 1. The van der Waals surface area contributed by atoms with Crippen LogP contribution >= 0.6 is 0 Å². The minimum absolute atomic E-state index is 0.0155. The molecule has 86 valence electrons. The standard InChI is InChI=1S/C11H19NO3/c1-4-5-12-7-9(11(14)15-3)10(13)6-8(12)2/h8-9H,4-7H2,1-3H3/t8-,9+/m0/s1. The Bertz CT molecular complexity index is 252. The molecule has 0 aromatic heterocycles. The molecule has 0 unspecified atom stereocenters. The third-order valence-corrected chi connectivity index (χ3v) is 2.92. The van der Waals surface area contributed by atoms with Crippen LogP contribution < -0.4 is 0 Å². The fourth-order valence-corrected chi connectivity index (χ4v) is 2.03. The Morgan fingerprint density at radius 2 is 2.27 bits per heavy atom. The smallest absolute Gasteiger partial charge is 0.317 e. The first-order chi connectivity index (χ1) is 7.10. The summed E-state index contributed by atoms with van der Waals surface area (Å²) >= 11 is 0. The van der Waals surface area contributed by atoms with Crippen molar-refractivity contribution in [3.05, 3.63) is 0 Å². The van der Waals surface area contributed by atoms with E-state index in [1.165, 1.54) is 7.11 Å². The fraction of sp³-hybridized carbons (Fsp3) is 0.818. The molecule has 1 saturated heterocycles. The highest BCUT2D eigenvalue weighted by molar-refractivity contribution is 6.00. The van der Waals surface area contributed by atoms with E-state index in [0.717, 1.165) is 13.0 Å². The molecule has 1 heterocycles. The quantitative estimate of drug-likeness (QED) is 0.515. The van der Waals surface area contributed by atoms with E-state index >= 15 is 0 Å². The zero-order chi connectivity index (χ0) is 11.4. The fourth-order valence-electron chi connectivity index (χ4n) is 2.03. The predicted molar refractivity (Wildman–Crippen MR) is 56.5 cm³/mol. The Balaban J connectivity index is 2.66. The second-order valence-electron chi connectivity index (χ2n) is 4.09. The molecule has 0 aliphatic carbocycles. The van der Waals surface area contributed by atoms with Crippen LogP contribution in [0.2, 0.25) is 0 Å². The molecule has 15 heavy (non-hydrogen) atoms. The number of carbonyl (C=O) groups is 2. The van der Waals surface area contributed by atoms with Crippen LogP contribution in [0.5, 0.6) is 0 Å². The maximum atomic E-state index is 11.6. The van der Waals surface area contributed by atoms with Gasteiger partial charge in [0.15, 0.2) is 0 Å². The molecule has 4 heteroatoms. The van der Waals surface area contributed by atoms with E-state index < -0.39 is 11.9 Å². The highest BCUT2D eigenvalue weighted by Gasteiger charge is 2.36. The van der Waals surface area contributed by atoms with Gasteiger partial charge in [-0.05, 0) is 19.9 Å². The molecule has 0 N–H and O–H groups in total. The molecule has 4 nitrogen and oxygen atoms in total. The van der Waals surface area contributed by atoms with Crippen molar-refractivity contribution in [1.29, 1.82) is 0 Å². The summed E-state index contributed by atoms with van der Waals surface area (Å²) in [6.45, 7) is 5.57. The Labute approximate surface area is 90.6 Å². The monoisotopic (exact) mass is 213 g/mol. The molecule has 1 rings (SSSR count). The number of hydrogen-bond donors (Lipinski definition) is 0. The van der Waals surface area contributed by atoms with E-state index in [4.69, 9.17) is 0 Å². The lowest BCUT2D eigenvalue weighted by Crippen LogP contribution is -2.49. The van der Waals surface area contributed by atoms with Crippen molar-refractivity contribution in [3.63, 3.8) is 0 Å². The van der Waals surface area contributed by atoms with Crippen LogP contribution in [0.25, 0.3) is 0 Å². The number of Topliss-reactive ketones (excluding diaryl/α,β-unsaturated/α-hetero) is 1. The van der Waals surface area contributed by atoms with Crippen molar-refractivity contribution in [3.8, 4) is 0 Å². The topological polar surface area (TPSA) is 46.6 Å². The molecule has 1 fully saturated rings. The number of ether oxygens (including phenoxy) is 1. The van der Waals surface area contributed by atoms with Gasteiger partial charge in [-0.25, -0.2) is 0 Å². The summed E-state index contributed by atoms with van der Waals surface area (Å²) in [5.74, 6) is -0.951. The second kappa shape index (κ2) is 5.26. The Kier molecular flexibility index (Phi) is 4.27. The lowest BCUT2D eigenvalue weighted by Gasteiger charge is -2.35. The molecule has 2 atom stereocenters.